The molecule has 0 bridgehead atoms. The summed E-state index contributed by atoms with van der Waals surface area (Å²) in [6.07, 6.45) is 0.807. The molecule has 0 aliphatic carbocycles. The normalized spacial score (nSPS) is 14.9. The second-order valence-corrected chi connectivity index (χ2v) is 4.92. The fraction of sp³-hybridized carbons (Fsp3) is 0.571. The molecule has 0 fully saturated rings. The summed E-state index contributed by atoms with van der Waals surface area (Å²) in [4.78, 5) is 0. The Morgan fingerprint density at radius 3 is 2.24 bits per heavy atom. The van der Waals surface area contributed by atoms with Crippen molar-refractivity contribution in [2.45, 2.75) is 32.7 Å². The molecule has 0 heterocycles. The zero-order chi connectivity index (χ0) is 12.9. The van der Waals surface area contributed by atoms with Gasteiger partial charge in [0.25, 0.3) is 0 Å². The summed E-state index contributed by atoms with van der Waals surface area (Å²) in [5.74, 6) is 0.783. The minimum Gasteiger partial charge on any atom is -0.508 e. The molecule has 1 rings (SSSR count). The maximum atomic E-state index is 9.69. The van der Waals surface area contributed by atoms with Gasteiger partial charge in [-0.05, 0) is 36.6 Å². The highest BCUT2D eigenvalue weighted by Gasteiger charge is 2.29. The maximum Gasteiger partial charge on any atom is 0.115 e. The topological polar surface area (TPSA) is 52.5 Å². The van der Waals surface area contributed by atoms with Crippen LogP contribution in [0.3, 0.4) is 0 Å². The van der Waals surface area contributed by atoms with E-state index in [0.717, 1.165) is 18.5 Å². The molecule has 17 heavy (non-hydrogen) atoms. The summed E-state index contributed by atoms with van der Waals surface area (Å²) in [6.45, 7) is 7.25. The monoisotopic (exact) mass is 237 g/mol. The number of phenols is 1. The van der Waals surface area contributed by atoms with Crippen molar-refractivity contribution in [1.82, 2.24) is 5.32 Å². The van der Waals surface area contributed by atoms with Crippen LogP contribution in [0, 0.1) is 5.92 Å². The molecular formula is C14H23NO2. The van der Waals surface area contributed by atoms with Gasteiger partial charge in [-0.1, -0.05) is 32.9 Å². The van der Waals surface area contributed by atoms with Gasteiger partial charge in [-0.15, -0.1) is 0 Å². The third-order valence-electron chi connectivity index (χ3n) is 3.14. The van der Waals surface area contributed by atoms with E-state index in [2.05, 4.69) is 26.1 Å². The third-order valence-corrected chi connectivity index (χ3v) is 3.14. The molecule has 0 spiro atoms. The lowest BCUT2D eigenvalue weighted by Crippen LogP contribution is -2.46. The standard InChI is InChI=1S/C14H23NO2/c1-4-14(10-16,15-9-11(2)3)12-5-7-13(17)8-6-12/h5-8,11,15-17H,4,9-10H2,1-3H3. The number of aromatic hydroxyl groups is 1. The van der Waals surface area contributed by atoms with Gasteiger partial charge in [0, 0.05) is 0 Å². The highest BCUT2D eigenvalue weighted by Crippen LogP contribution is 2.26. The highest BCUT2D eigenvalue weighted by atomic mass is 16.3. The molecule has 0 amide bonds. The van der Waals surface area contributed by atoms with E-state index in [4.69, 9.17) is 0 Å². The van der Waals surface area contributed by atoms with Gasteiger partial charge in [-0.25, -0.2) is 0 Å². The van der Waals surface area contributed by atoms with Crippen LogP contribution in [0.25, 0.3) is 0 Å². The molecule has 3 nitrogen and oxygen atoms in total. The first-order chi connectivity index (χ1) is 8.04. The minimum absolute atomic E-state index is 0.0565. The number of hydrogen-bond donors (Lipinski definition) is 3. The first-order valence-corrected chi connectivity index (χ1v) is 6.19. The Morgan fingerprint density at radius 2 is 1.82 bits per heavy atom. The van der Waals surface area contributed by atoms with Gasteiger partial charge >= 0.3 is 0 Å². The fourth-order valence-corrected chi connectivity index (χ4v) is 1.87. The van der Waals surface area contributed by atoms with Crippen molar-refractivity contribution >= 4 is 0 Å². The van der Waals surface area contributed by atoms with E-state index in [9.17, 15) is 10.2 Å². The number of aliphatic hydroxyl groups is 1. The van der Waals surface area contributed by atoms with Crippen molar-refractivity contribution in [3.63, 3.8) is 0 Å². The largest absolute Gasteiger partial charge is 0.508 e. The Bertz CT molecular complexity index is 329. The van der Waals surface area contributed by atoms with E-state index in [0.29, 0.717) is 5.92 Å². The van der Waals surface area contributed by atoms with Crippen LogP contribution in [0.1, 0.15) is 32.8 Å². The Labute approximate surface area is 103 Å². The van der Waals surface area contributed by atoms with E-state index >= 15 is 0 Å². The van der Waals surface area contributed by atoms with E-state index in [1.807, 2.05) is 12.1 Å². The summed E-state index contributed by atoms with van der Waals surface area (Å²) in [6, 6.07) is 7.05. The molecule has 1 aromatic carbocycles. The molecule has 0 radical (unpaired) electrons. The van der Waals surface area contributed by atoms with Crippen LogP contribution in [-0.2, 0) is 5.54 Å². The van der Waals surface area contributed by atoms with Gasteiger partial charge in [0.05, 0.1) is 12.1 Å². The fourth-order valence-electron chi connectivity index (χ4n) is 1.87. The molecular weight excluding hydrogens is 214 g/mol. The quantitative estimate of drug-likeness (QED) is 0.711. The molecule has 1 unspecified atom stereocenters. The summed E-state index contributed by atoms with van der Waals surface area (Å²) in [7, 11) is 0. The van der Waals surface area contributed by atoms with Crippen LogP contribution < -0.4 is 5.32 Å². The average Bonchev–Trinajstić information content (AvgIpc) is 2.32. The van der Waals surface area contributed by atoms with Gasteiger partial charge < -0.3 is 15.5 Å². The van der Waals surface area contributed by atoms with Crippen LogP contribution >= 0.6 is 0 Å². The predicted molar refractivity (Wildman–Crippen MR) is 70.0 cm³/mol. The van der Waals surface area contributed by atoms with E-state index in [-0.39, 0.29) is 12.4 Å². The summed E-state index contributed by atoms with van der Waals surface area (Å²) in [5, 5.41) is 22.4. The molecule has 0 aliphatic heterocycles. The van der Waals surface area contributed by atoms with Crippen LogP contribution in [0.15, 0.2) is 24.3 Å². The Kier molecular flexibility index (Phi) is 4.97. The molecule has 0 saturated heterocycles. The van der Waals surface area contributed by atoms with E-state index < -0.39 is 5.54 Å². The lowest BCUT2D eigenvalue weighted by atomic mass is 9.87. The predicted octanol–water partition coefficient (Wildman–Crippen LogP) is 2.24. The van der Waals surface area contributed by atoms with Crippen LogP contribution in [0.4, 0.5) is 0 Å². The number of rotatable bonds is 6. The van der Waals surface area contributed by atoms with E-state index in [1.165, 1.54) is 0 Å². The summed E-state index contributed by atoms with van der Waals surface area (Å²) in [5.41, 5.74) is 0.610. The molecule has 1 aromatic rings. The number of nitrogens with one attached hydrogen (secondary N) is 1. The van der Waals surface area contributed by atoms with Crippen molar-refractivity contribution in [3.8, 4) is 5.75 Å². The lowest BCUT2D eigenvalue weighted by Gasteiger charge is -2.33. The smallest absolute Gasteiger partial charge is 0.115 e. The Balaban J connectivity index is 2.93. The van der Waals surface area contributed by atoms with Crippen molar-refractivity contribution in [1.29, 1.82) is 0 Å². The van der Waals surface area contributed by atoms with Gasteiger partial charge in [0.1, 0.15) is 5.75 Å². The molecule has 3 N–H and O–H groups in total. The Hall–Kier alpha value is -1.06. The van der Waals surface area contributed by atoms with Crippen molar-refractivity contribution < 1.29 is 10.2 Å². The van der Waals surface area contributed by atoms with Gasteiger partial charge in [0.2, 0.25) is 0 Å². The highest BCUT2D eigenvalue weighted by molar-refractivity contribution is 5.31. The molecule has 96 valence electrons. The number of aliphatic hydroxyl groups excluding tert-OH is 1. The maximum absolute atomic E-state index is 9.69. The average molecular weight is 237 g/mol. The summed E-state index contributed by atoms with van der Waals surface area (Å²) < 4.78 is 0. The van der Waals surface area contributed by atoms with Gasteiger partial charge in [-0.3, -0.25) is 0 Å². The number of benzene rings is 1. The first-order valence-electron chi connectivity index (χ1n) is 6.19. The van der Waals surface area contributed by atoms with Crippen molar-refractivity contribution in [2.75, 3.05) is 13.2 Å². The Morgan fingerprint density at radius 1 is 1.24 bits per heavy atom. The first kappa shape index (κ1) is 14.0. The molecule has 1 atom stereocenters. The van der Waals surface area contributed by atoms with Crippen LogP contribution in [0.5, 0.6) is 5.75 Å². The minimum atomic E-state index is -0.405. The molecule has 3 heteroatoms. The zero-order valence-electron chi connectivity index (χ0n) is 10.9. The number of phenolic OH excluding ortho intramolecular Hbond substituents is 1. The van der Waals surface area contributed by atoms with Crippen LogP contribution in [-0.4, -0.2) is 23.4 Å². The molecule has 0 aliphatic rings. The second kappa shape index (κ2) is 6.03. The van der Waals surface area contributed by atoms with Crippen molar-refractivity contribution in [3.05, 3.63) is 29.8 Å². The van der Waals surface area contributed by atoms with Crippen molar-refractivity contribution in [2.24, 2.45) is 5.92 Å². The SMILES string of the molecule is CCC(CO)(NCC(C)C)c1ccc(O)cc1. The van der Waals surface area contributed by atoms with Gasteiger partial charge in [0.15, 0.2) is 0 Å². The lowest BCUT2D eigenvalue weighted by molar-refractivity contribution is 0.151. The number of hydrogen-bond acceptors (Lipinski definition) is 3. The van der Waals surface area contributed by atoms with E-state index in [1.54, 1.807) is 12.1 Å². The third kappa shape index (κ3) is 3.45. The second-order valence-electron chi connectivity index (χ2n) is 4.92. The van der Waals surface area contributed by atoms with Crippen LogP contribution in [0.2, 0.25) is 0 Å². The van der Waals surface area contributed by atoms with Gasteiger partial charge in [-0.2, -0.15) is 0 Å². The molecule has 0 saturated carbocycles. The summed E-state index contributed by atoms with van der Waals surface area (Å²) >= 11 is 0. The zero-order valence-corrected chi connectivity index (χ0v) is 10.9. The molecule has 0 aromatic heterocycles.